The summed E-state index contributed by atoms with van der Waals surface area (Å²) in [6.45, 7) is 4.70. The van der Waals surface area contributed by atoms with E-state index in [2.05, 4.69) is 51.5 Å². The number of rotatable bonds is 2. The molecule has 0 radical (unpaired) electrons. The summed E-state index contributed by atoms with van der Waals surface area (Å²) in [7, 11) is 0. The molecular formula is C15H18BrClN2. The second-order valence-corrected chi connectivity index (χ2v) is 6.83. The number of fused-ring (bicyclic) bond motifs is 1. The van der Waals surface area contributed by atoms with Crippen LogP contribution in [-0.2, 0) is 5.88 Å². The van der Waals surface area contributed by atoms with Crippen LogP contribution in [0.5, 0.6) is 0 Å². The average Bonchev–Trinajstić information content (AvgIpc) is 2.91. The van der Waals surface area contributed by atoms with Crippen LogP contribution in [0.1, 0.15) is 38.6 Å². The molecule has 1 aromatic heterocycles. The van der Waals surface area contributed by atoms with Crippen molar-refractivity contribution in [3.8, 4) is 0 Å². The van der Waals surface area contributed by atoms with Gasteiger partial charge >= 0.3 is 0 Å². The molecule has 1 fully saturated rings. The Morgan fingerprint density at radius 1 is 1.37 bits per heavy atom. The van der Waals surface area contributed by atoms with Crippen molar-refractivity contribution in [1.29, 1.82) is 0 Å². The molecule has 2 nitrogen and oxygen atoms in total. The lowest BCUT2D eigenvalue weighted by Gasteiger charge is -2.22. The number of alkyl halides is 1. The summed E-state index contributed by atoms with van der Waals surface area (Å²) in [5.41, 5.74) is 2.25. The van der Waals surface area contributed by atoms with Gasteiger partial charge in [0.15, 0.2) is 0 Å². The smallest absolute Gasteiger partial charge is 0.125 e. The molecule has 3 rings (SSSR count). The number of benzene rings is 1. The molecule has 0 amide bonds. The number of halogens is 2. The molecule has 0 spiro atoms. The van der Waals surface area contributed by atoms with Crippen molar-refractivity contribution in [2.75, 3.05) is 0 Å². The zero-order valence-electron chi connectivity index (χ0n) is 11.2. The van der Waals surface area contributed by atoms with E-state index in [1.165, 1.54) is 18.4 Å². The molecule has 102 valence electrons. The first-order chi connectivity index (χ1) is 9.11. The van der Waals surface area contributed by atoms with E-state index in [-0.39, 0.29) is 0 Å². The van der Waals surface area contributed by atoms with Crippen molar-refractivity contribution in [2.45, 2.75) is 38.6 Å². The first-order valence-electron chi connectivity index (χ1n) is 6.84. The Hall–Kier alpha value is -0.540. The van der Waals surface area contributed by atoms with Crippen LogP contribution in [0.25, 0.3) is 11.0 Å². The molecule has 4 heteroatoms. The molecule has 19 heavy (non-hydrogen) atoms. The summed E-state index contributed by atoms with van der Waals surface area (Å²) in [5, 5.41) is 0. The van der Waals surface area contributed by atoms with Crippen LogP contribution in [-0.4, -0.2) is 9.55 Å². The van der Waals surface area contributed by atoms with Crippen molar-refractivity contribution in [1.82, 2.24) is 9.55 Å². The largest absolute Gasteiger partial charge is 0.324 e. The topological polar surface area (TPSA) is 17.8 Å². The molecule has 0 bridgehead atoms. The molecule has 3 unspecified atom stereocenters. The molecule has 2 aromatic rings. The van der Waals surface area contributed by atoms with E-state index in [9.17, 15) is 0 Å². The Kier molecular flexibility index (Phi) is 3.61. The van der Waals surface area contributed by atoms with E-state index in [0.29, 0.717) is 17.8 Å². The fourth-order valence-electron chi connectivity index (χ4n) is 3.28. The van der Waals surface area contributed by atoms with Gasteiger partial charge in [-0.1, -0.05) is 29.8 Å². The Morgan fingerprint density at radius 3 is 2.79 bits per heavy atom. The molecule has 0 aliphatic heterocycles. The number of aromatic nitrogens is 2. The van der Waals surface area contributed by atoms with Gasteiger partial charge < -0.3 is 4.57 Å². The third-order valence-electron chi connectivity index (χ3n) is 4.60. The van der Waals surface area contributed by atoms with E-state index < -0.39 is 0 Å². The zero-order chi connectivity index (χ0) is 13.6. The minimum Gasteiger partial charge on any atom is -0.324 e. The summed E-state index contributed by atoms with van der Waals surface area (Å²) >= 11 is 9.67. The fraction of sp³-hybridized carbons (Fsp3) is 0.533. The summed E-state index contributed by atoms with van der Waals surface area (Å²) in [5.74, 6) is 2.93. The minimum atomic E-state index is 0.476. The fourth-order valence-corrected chi connectivity index (χ4v) is 3.82. The van der Waals surface area contributed by atoms with E-state index in [4.69, 9.17) is 11.6 Å². The standard InChI is InChI=1S/C15H18BrClN2/c1-9-3-6-13(10(9)2)19-14-7-11(16)4-5-12(14)18-15(19)8-17/h4-5,7,9-10,13H,3,6,8H2,1-2H3. The van der Waals surface area contributed by atoms with Gasteiger partial charge in [-0.05, 0) is 42.9 Å². The Balaban J connectivity index is 2.18. The Labute approximate surface area is 127 Å². The molecule has 1 heterocycles. The molecule has 1 aromatic carbocycles. The highest BCUT2D eigenvalue weighted by Crippen LogP contribution is 2.42. The minimum absolute atomic E-state index is 0.476. The van der Waals surface area contributed by atoms with Gasteiger partial charge in [-0.25, -0.2) is 4.98 Å². The zero-order valence-corrected chi connectivity index (χ0v) is 13.6. The quantitative estimate of drug-likeness (QED) is 0.691. The van der Waals surface area contributed by atoms with Gasteiger partial charge in [0.2, 0.25) is 0 Å². The Bertz CT molecular complexity index is 607. The van der Waals surface area contributed by atoms with Crippen LogP contribution in [0.3, 0.4) is 0 Å². The van der Waals surface area contributed by atoms with E-state index >= 15 is 0 Å². The highest BCUT2D eigenvalue weighted by molar-refractivity contribution is 9.10. The Morgan fingerprint density at radius 2 is 2.16 bits per heavy atom. The highest BCUT2D eigenvalue weighted by atomic mass is 79.9. The van der Waals surface area contributed by atoms with Crippen LogP contribution < -0.4 is 0 Å². The molecule has 0 saturated heterocycles. The number of hydrogen-bond donors (Lipinski definition) is 0. The van der Waals surface area contributed by atoms with Crippen LogP contribution in [0.15, 0.2) is 22.7 Å². The second kappa shape index (κ2) is 5.10. The second-order valence-electron chi connectivity index (χ2n) is 5.65. The van der Waals surface area contributed by atoms with Gasteiger partial charge in [0, 0.05) is 10.5 Å². The van der Waals surface area contributed by atoms with Gasteiger partial charge in [-0.15, -0.1) is 11.6 Å². The molecule has 3 atom stereocenters. The maximum Gasteiger partial charge on any atom is 0.125 e. The van der Waals surface area contributed by atoms with Crippen LogP contribution in [0.4, 0.5) is 0 Å². The predicted molar refractivity (Wildman–Crippen MR) is 83.6 cm³/mol. The highest BCUT2D eigenvalue weighted by Gasteiger charge is 2.33. The monoisotopic (exact) mass is 340 g/mol. The molecule has 0 N–H and O–H groups in total. The molecule has 1 saturated carbocycles. The van der Waals surface area contributed by atoms with Crippen LogP contribution in [0, 0.1) is 11.8 Å². The van der Waals surface area contributed by atoms with Gasteiger partial charge in [0.1, 0.15) is 5.82 Å². The predicted octanol–water partition coefficient (Wildman–Crippen LogP) is 5.14. The lowest BCUT2D eigenvalue weighted by Crippen LogP contribution is -2.16. The van der Waals surface area contributed by atoms with Gasteiger partial charge in [0.05, 0.1) is 16.9 Å². The third-order valence-corrected chi connectivity index (χ3v) is 5.33. The van der Waals surface area contributed by atoms with Crippen molar-refractivity contribution >= 4 is 38.6 Å². The van der Waals surface area contributed by atoms with Gasteiger partial charge in [-0.2, -0.15) is 0 Å². The van der Waals surface area contributed by atoms with Crippen molar-refractivity contribution in [2.24, 2.45) is 11.8 Å². The summed E-state index contributed by atoms with van der Waals surface area (Å²) < 4.78 is 3.47. The number of imidazole rings is 1. The van der Waals surface area contributed by atoms with Crippen LogP contribution in [0.2, 0.25) is 0 Å². The van der Waals surface area contributed by atoms with Crippen molar-refractivity contribution in [3.63, 3.8) is 0 Å². The first kappa shape index (κ1) is 13.4. The van der Waals surface area contributed by atoms with Crippen molar-refractivity contribution in [3.05, 3.63) is 28.5 Å². The summed E-state index contributed by atoms with van der Waals surface area (Å²) in [6, 6.07) is 6.80. The normalized spacial score (nSPS) is 27.3. The molecule has 1 aliphatic rings. The summed E-state index contributed by atoms with van der Waals surface area (Å²) in [6.07, 6.45) is 2.52. The van der Waals surface area contributed by atoms with Crippen LogP contribution >= 0.6 is 27.5 Å². The van der Waals surface area contributed by atoms with E-state index in [1.54, 1.807) is 0 Å². The lowest BCUT2D eigenvalue weighted by atomic mass is 9.97. The average molecular weight is 342 g/mol. The van der Waals surface area contributed by atoms with Crippen molar-refractivity contribution < 1.29 is 0 Å². The summed E-state index contributed by atoms with van der Waals surface area (Å²) in [4.78, 5) is 4.69. The SMILES string of the molecule is CC1CCC(n2c(CCl)nc3ccc(Br)cc32)C1C. The first-order valence-corrected chi connectivity index (χ1v) is 8.17. The molecule has 1 aliphatic carbocycles. The van der Waals surface area contributed by atoms with E-state index in [1.807, 2.05) is 6.07 Å². The molecular weight excluding hydrogens is 324 g/mol. The number of nitrogens with zero attached hydrogens (tertiary/aromatic N) is 2. The van der Waals surface area contributed by atoms with Gasteiger partial charge in [-0.3, -0.25) is 0 Å². The lowest BCUT2D eigenvalue weighted by molar-refractivity contribution is 0.354. The van der Waals surface area contributed by atoms with Gasteiger partial charge in [0.25, 0.3) is 0 Å². The maximum absolute atomic E-state index is 6.11. The maximum atomic E-state index is 6.11. The van der Waals surface area contributed by atoms with E-state index in [0.717, 1.165) is 21.7 Å². The number of hydrogen-bond acceptors (Lipinski definition) is 1. The third kappa shape index (κ3) is 2.21.